The van der Waals surface area contributed by atoms with Crippen molar-refractivity contribution in [2.24, 2.45) is 5.84 Å². The molecule has 0 saturated carbocycles. The number of halogens is 1. The summed E-state index contributed by atoms with van der Waals surface area (Å²) < 4.78 is 0. The minimum atomic E-state index is -0.936. The van der Waals surface area contributed by atoms with E-state index in [2.05, 4.69) is 26.3 Å². The third kappa shape index (κ3) is 2.65. The van der Waals surface area contributed by atoms with Gasteiger partial charge >= 0.3 is 0 Å². The summed E-state index contributed by atoms with van der Waals surface area (Å²) in [6, 6.07) is 3.28. The molecule has 5 N–H and O–H groups in total. The Morgan fingerprint density at radius 1 is 1.50 bits per heavy atom. The molecule has 14 heavy (non-hydrogen) atoms. The van der Waals surface area contributed by atoms with Crippen LogP contribution in [0.2, 0.25) is 0 Å². The number of nitrogens with zero attached hydrogens (tertiary/aromatic N) is 1. The number of pyridine rings is 1. The molecule has 1 aromatic rings. The topological polar surface area (TPSA) is 91.4 Å². The molecule has 0 aromatic carbocycles. The fourth-order valence-electron chi connectivity index (χ4n) is 0.972. The number of nitrogens with two attached hydrogens (primary N) is 1. The standard InChI is InChI=1S/C8H12BrN3O2/c9-3-6(13)8(14)5-1-2-7(12-10)11-4-5/h1-2,4,6,8,13-14H,3,10H2,(H,11,12). The van der Waals surface area contributed by atoms with Crippen LogP contribution in [0, 0.1) is 0 Å². The lowest BCUT2D eigenvalue weighted by molar-refractivity contribution is 0.0341. The summed E-state index contributed by atoms with van der Waals surface area (Å²) in [5.74, 6) is 5.64. The van der Waals surface area contributed by atoms with E-state index in [0.717, 1.165) is 0 Å². The minimum absolute atomic E-state index is 0.311. The largest absolute Gasteiger partial charge is 0.389 e. The molecular weight excluding hydrogens is 250 g/mol. The van der Waals surface area contributed by atoms with Crippen LogP contribution in [0.5, 0.6) is 0 Å². The molecule has 0 aliphatic rings. The molecule has 0 aliphatic heterocycles. The third-order valence-corrected chi connectivity index (χ3v) is 2.46. The van der Waals surface area contributed by atoms with E-state index in [1.54, 1.807) is 12.1 Å². The number of aliphatic hydroxyl groups is 2. The van der Waals surface area contributed by atoms with Crippen molar-refractivity contribution in [3.63, 3.8) is 0 Å². The van der Waals surface area contributed by atoms with Gasteiger partial charge in [-0.05, 0) is 6.07 Å². The SMILES string of the molecule is NNc1ccc(C(O)C(O)CBr)cn1. The molecule has 0 bridgehead atoms. The average Bonchev–Trinajstić information content (AvgIpc) is 2.27. The lowest BCUT2D eigenvalue weighted by atomic mass is 10.1. The van der Waals surface area contributed by atoms with Crippen LogP contribution in [0.25, 0.3) is 0 Å². The van der Waals surface area contributed by atoms with E-state index in [4.69, 9.17) is 5.84 Å². The van der Waals surface area contributed by atoms with Crippen molar-refractivity contribution in [1.82, 2.24) is 4.98 Å². The van der Waals surface area contributed by atoms with E-state index < -0.39 is 12.2 Å². The van der Waals surface area contributed by atoms with E-state index in [0.29, 0.717) is 16.7 Å². The average molecular weight is 262 g/mol. The minimum Gasteiger partial charge on any atom is -0.389 e. The highest BCUT2D eigenvalue weighted by molar-refractivity contribution is 9.09. The lowest BCUT2D eigenvalue weighted by Gasteiger charge is -2.15. The van der Waals surface area contributed by atoms with E-state index in [9.17, 15) is 10.2 Å². The van der Waals surface area contributed by atoms with E-state index in [-0.39, 0.29) is 0 Å². The molecule has 0 amide bonds. The molecular formula is C8H12BrN3O2. The number of aliphatic hydroxyl groups excluding tert-OH is 2. The Labute approximate surface area is 90.1 Å². The van der Waals surface area contributed by atoms with E-state index in [1.807, 2.05) is 0 Å². The molecule has 1 heterocycles. The molecule has 0 radical (unpaired) electrons. The highest BCUT2D eigenvalue weighted by Gasteiger charge is 2.16. The number of hydrogen-bond donors (Lipinski definition) is 4. The monoisotopic (exact) mass is 261 g/mol. The van der Waals surface area contributed by atoms with Gasteiger partial charge in [0.25, 0.3) is 0 Å². The molecule has 0 aliphatic carbocycles. The van der Waals surface area contributed by atoms with Crippen LogP contribution in [-0.2, 0) is 0 Å². The van der Waals surface area contributed by atoms with Gasteiger partial charge in [-0.3, -0.25) is 0 Å². The number of aromatic nitrogens is 1. The Morgan fingerprint density at radius 3 is 2.64 bits per heavy atom. The zero-order valence-corrected chi connectivity index (χ0v) is 8.98. The number of alkyl halides is 1. The van der Waals surface area contributed by atoms with Crippen LogP contribution in [0.1, 0.15) is 11.7 Å². The van der Waals surface area contributed by atoms with Crippen molar-refractivity contribution in [1.29, 1.82) is 0 Å². The molecule has 1 aromatic heterocycles. The summed E-state index contributed by atoms with van der Waals surface area (Å²) in [5, 5.41) is 19.2. The quantitative estimate of drug-likeness (QED) is 0.352. The molecule has 1 rings (SSSR count). The Balaban J connectivity index is 2.75. The highest BCUT2D eigenvalue weighted by atomic mass is 79.9. The van der Waals surface area contributed by atoms with Crippen LogP contribution in [0.4, 0.5) is 5.82 Å². The Bertz CT molecular complexity index is 280. The summed E-state index contributed by atoms with van der Waals surface area (Å²) in [6.07, 6.45) is -0.312. The number of rotatable bonds is 4. The Morgan fingerprint density at radius 2 is 2.21 bits per heavy atom. The Hall–Kier alpha value is -0.690. The zero-order valence-electron chi connectivity index (χ0n) is 7.39. The van der Waals surface area contributed by atoms with Crippen molar-refractivity contribution in [3.05, 3.63) is 23.9 Å². The summed E-state index contributed by atoms with van der Waals surface area (Å²) in [6.45, 7) is 0. The van der Waals surface area contributed by atoms with Gasteiger partial charge in [-0.2, -0.15) is 0 Å². The number of anilines is 1. The highest BCUT2D eigenvalue weighted by Crippen LogP contribution is 2.18. The summed E-state index contributed by atoms with van der Waals surface area (Å²) >= 11 is 3.08. The van der Waals surface area contributed by atoms with Gasteiger partial charge in [0.05, 0.1) is 6.10 Å². The summed E-state index contributed by atoms with van der Waals surface area (Å²) in [7, 11) is 0. The molecule has 5 nitrogen and oxygen atoms in total. The van der Waals surface area contributed by atoms with Crippen molar-refractivity contribution in [3.8, 4) is 0 Å². The van der Waals surface area contributed by atoms with Crippen molar-refractivity contribution in [2.45, 2.75) is 12.2 Å². The summed E-state index contributed by atoms with van der Waals surface area (Å²) in [4.78, 5) is 3.91. The van der Waals surface area contributed by atoms with Gasteiger partial charge in [0, 0.05) is 17.1 Å². The van der Waals surface area contributed by atoms with Crippen molar-refractivity contribution >= 4 is 21.7 Å². The van der Waals surface area contributed by atoms with Crippen LogP contribution < -0.4 is 11.3 Å². The van der Waals surface area contributed by atoms with Gasteiger partial charge in [-0.15, -0.1) is 0 Å². The number of hydrazine groups is 1. The molecule has 0 fully saturated rings. The van der Waals surface area contributed by atoms with Crippen molar-refractivity contribution < 1.29 is 10.2 Å². The fraction of sp³-hybridized carbons (Fsp3) is 0.375. The molecule has 6 heteroatoms. The maximum absolute atomic E-state index is 9.58. The van der Waals surface area contributed by atoms with Gasteiger partial charge in [-0.1, -0.05) is 22.0 Å². The van der Waals surface area contributed by atoms with Gasteiger partial charge < -0.3 is 15.6 Å². The molecule has 2 atom stereocenters. The summed E-state index contributed by atoms with van der Waals surface area (Å²) in [5.41, 5.74) is 2.92. The smallest absolute Gasteiger partial charge is 0.139 e. The van der Waals surface area contributed by atoms with E-state index >= 15 is 0 Å². The second kappa shape index (κ2) is 5.26. The molecule has 0 spiro atoms. The van der Waals surface area contributed by atoms with Gasteiger partial charge in [0.1, 0.15) is 11.9 Å². The van der Waals surface area contributed by atoms with E-state index in [1.165, 1.54) is 6.20 Å². The van der Waals surface area contributed by atoms with Gasteiger partial charge in [0.15, 0.2) is 0 Å². The Kier molecular flexibility index (Phi) is 4.27. The number of hydrogen-bond acceptors (Lipinski definition) is 5. The lowest BCUT2D eigenvalue weighted by Crippen LogP contribution is -2.19. The predicted molar refractivity (Wildman–Crippen MR) is 56.8 cm³/mol. The van der Waals surface area contributed by atoms with Gasteiger partial charge in [0.2, 0.25) is 0 Å². The maximum atomic E-state index is 9.58. The fourth-order valence-corrected chi connectivity index (χ4v) is 1.33. The first kappa shape index (κ1) is 11.4. The molecule has 78 valence electrons. The number of nitrogen functional groups attached to an aromatic ring is 1. The predicted octanol–water partition coefficient (Wildman–Crippen LogP) is 0.156. The van der Waals surface area contributed by atoms with Crippen LogP contribution in [0.3, 0.4) is 0 Å². The molecule has 2 unspecified atom stereocenters. The van der Waals surface area contributed by atoms with Gasteiger partial charge in [-0.25, -0.2) is 10.8 Å². The first-order valence-corrected chi connectivity index (χ1v) is 5.16. The number of nitrogens with one attached hydrogen (secondary N) is 1. The van der Waals surface area contributed by atoms with Crippen LogP contribution >= 0.6 is 15.9 Å². The first-order valence-electron chi connectivity index (χ1n) is 4.03. The second-order valence-corrected chi connectivity index (χ2v) is 3.44. The zero-order chi connectivity index (χ0) is 10.6. The second-order valence-electron chi connectivity index (χ2n) is 2.79. The first-order chi connectivity index (χ1) is 6.69. The maximum Gasteiger partial charge on any atom is 0.139 e. The third-order valence-electron chi connectivity index (χ3n) is 1.80. The normalized spacial score (nSPS) is 14.9. The van der Waals surface area contributed by atoms with Crippen molar-refractivity contribution in [2.75, 3.05) is 10.8 Å². The van der Waals surface area contributed by atoms with Crippen LogP contribution in [-0.4, -0.2) is 26.6 Å². The molecule has 0 saturated heterocycles. The van der Waals surface area contributed by atoms with Crippen LogP contribution in [0.15, 0.2) is 18.3 Å².